The second-order valence-corrected chi connectivity index (χ2v) is 9.99. The predicted molar refractivity (Wildman–Crippen MR) is 160 cm³/mol. The monoisotopic (exact) mass is 583 g/mol. The number of nitriles is 1. The summed E-state index contributed by atoms with van der Waals surface area (Å²) in [5.74, 6) is -1.70. The third-order valence-corrected chi connectivity index (χ3v) is 6.98. The van der Waals surface area contributed by atoms with Gasteiger partial charge in [-0.15, -0.1) is 0 Å². The molecule has 2 aromatic carbocycles. The highest BCUT2D eigenvalue weighted by atomic mass is 16.4. The van der Waals surface area contributed by atoms with E-state index >= 15 is 0 Å². The normalized spacial score (nSPS) is 13.4. The Morgan fingerprint density at radius 1 is 1.02 bits per heavy atom. The number of aliphatic carboxylic acids is 1. The molecular formula is C31H33N7O5. The van der Waals surface area contributed by atoms with E-state index in [2.05, 4.69) is 20.9 Å². The van der Waals surface area contributed by atoms with Crippen LogP contribution in [-0.2, 0) is 4.79 Å². The average Bonchev–Trinajstić information content (AvgIpc) is 3.03. The fourth-order valence-electron chi connectivity index (χ4n) is 4.73. The first-order valence-electron chi connectivity index (χ1n) is 13.9. The lowest BCUT2D eigenvalue weighted by atomic mass is 10.0. The van der Waals surface area contributed by atoms with Crippen molar-refractivity contribution < 1.29 is 24.3 Å². The number of carbonyl (C=O) groups is 4. The minimum Gasteiger partial charge on any atom is -0.481 e. The first kappa shape index (κ1) is 30.5. The van der Waals surface area contributed by atoms with Gasteiger partial charge in [0.15, 0.2) is 0 Å². The lowest BCUT2D eigenvalue weighted by Gasteiger charge is -2.37. The van der Waals surface area contributed by atoms with Crippen molar-refractivity contribution in [2.45, 2.75) is 25.8 Å². The molecule has 43 heavy (non-hydrogen) atoms. The van der Waals surface area contributed by atoms with Gasteiger partial charge in [0.05, 0.1) is 35.5 Å². The Kier molecular flexibility index (Phi) is 10.3. The molecule has 4 amide bonds. The molecule has 2 heterocycles. The molecule has 1 aliphatic heterocycles. The van der Waals surface area contributed by atoms with Crippen molar-refractivity contribution >= 4 is 35.2 Å². The van der Waals surface area contributed by atoms with E-state index in [1.54, 1.807) is 65.7 Å². The minimum atomic E-state index is -1.07. The number of benzene rings is 2. The zero-order valence-corrected chi connectivity index (χ0v) is 23.7. The Balaban J connectivity index is 1.52. The van der Waals surface area contributed by atoms with E-state index in [1.165, 1.54) is 6.20 Å². The van der Waals surface area contributed by atoms with Crippen LogP contribution in [0.15, 0.2) is 67.0 Å². The van der Waals surface area contributed by atoms with Gasteiger partial charge in [-0.2, -0.15) is 5.26 Å². The highest BCUT2D eigenvalue weighted by molar-refractivity contribution is 6.00. The number of amides is 4. The Hall–Kier alpha value is -5.44. The predicted octanol–water partition coefficient (Wildman–Crippen LogP) is 3.39. The summed E-state index contributed by atoms with van der Waals surface area (Å²) in [6.07, 6.45) is 3.49. The van der Waals surface area contributed by atoms with Crippen LogP contribution in [0, 0.1) is 11.3 Å². The first-order chi connectivity index (χ1) is 20.8. The SMILES string of the molecule is CCCNC(=O)Nc1cc(C(=O)NC(CC(=O)O)c2cccnc2)ccc1N1CCN(C(=O)c2ccc(C#N)cc2)CC1. The maximum Gasteiger partial charge on any atom is 0.319 e. The molecule has 1 saturated heterocycles. The van der Waals surface area contributed by atoms with Gasteiger partial charge in [-0.25, -0.2) is 4.79 Å². The average molecular weight is 584 g/mol. The first-order valence-corrected chi connectivity index (χ1v) is 13.9. The summed E-state index contributed by atoms with van der Waals surface area (Å²) in [5.41, 5.74) is 2.87. The largest absolute Gasteiger partial charge is 0.481 e. The van der Waals surface area contributed by atoms with E-state index in [0.717, 1.165) is 6.42 Å². The van der Waals surface area contributed by atoms with Crippen molar-refractivity contribution in [3.05, 3.63) is 89.2 Å². The lowest BCUT2D eigenvalue weighted by molar-refractivity contribution is -0.137. The van der Waals surface area contributed by atoms with Gasteiger partial charge in [-0.1, -0.05) is 13.0 Å². The smallest absolute Gasteiger partial charge is 0.319 e. The molecule has 222 valence electrons. The Morgan fingerprint density at radius 2 is 1.74 bits per heavy atom. The Morgan fingerprint density at radius 3 is 2.37 bits per heavy atom. The van der Waals surface area contributed by atoms with Crippen molar-refractivity contribution in [3.8, 4) is 6.07 Å². The van der Waals surface area contributed by atoms with Crippen LogP contribution in [0.2, 0.25) is 0 Å². The maximum absolute atomic E-state index is 13.3. The van der Waals surface area contributed by atoms with E-state index in [4.69, 9.17) is 5.26 Å². The summed E-state index contributed by atoms with van der Waals surface area (Å²) in [7, 11) is 0. The summed E-state index contributed by atoms with van der Waals surface area (Å²) < 4.78 is 0. The number of pyridine rings is 1. The van der Waals surface area contributed by atoms with Crippen LogP contribution < -0.4 is 20.9 Å². The van der Waals surface area contributed by atoms with Crippen LogP contribution in [-0.4, -0.2) is 71.5 Å². The van der Waals surface area contributed by atoms with Crippen LogP contribution >= 0.6 is 0 Å². The molecular weight excluding hydrogens is 550 g/mol. The van der Waals surface area contributed by atoms with Crippen molar-refractivity contribution in [1.29, 1.82) is 5.26 Å². The topological polar surface area (TPSA) is 168 Å². The Labute approximate surface area is 249 Å². The zero-order chi connectivity index (χ0) is 30.8. The quantitative estimate of drug-likeness (QED) is 0.282. The molecule has 0 radical (unpaired) electrons. The number of carboxylic acid groups (broad SMARTS) is 1. The molecule has 1 unspecified atom stereocenters. The molecule has 1 atom stereocenters. The molecule has 0 bridgehead atoms. The molecule has 1 fully saturated rings. The highest BCUT2D eigenvalue weighted by Gasteiger charge is 2.25. The number of nitrogens with one attached hydrogen (secondary N) is 3. The molecule has 4 N–H and O–H groups in total. The second-order valence-electron chi connectivity index (χ2n) is 9.99. The third kappa shape index (κ3) is 8.07. The van der Waals surface area contributed by atoms with E-state index in [0.29, 0.717) is 60.8 Å². The molecule has 12 nitrogen and oxygen atoms in total. The standard InChI is InChI=1S/C31H33N7O5/c1-2-11-34-31(43)36-26-17-23(29(41)35-25(18-28(39)40)24-4-3-12-33-20-24)9-10-27(26)37-13-15-38(16-14-37)30(42)22-7-5-21(19-32)6-8-22/h3-10,12,17,20,25H,2,11,13-16,18H2,1H3,(H,35,41)(H,39,40)(H2,34,36,43). The number of carboxylic acids is 1. The molecule has 0 saturated carbocycles. The van der Waals surface area contributed by atoms with Gasteiger partial charge in [0.1, 0.15) is 0 Å². The fraction of sp³-hybridized carbons (Fsp3) is 0.290. The number of hydrogen-bond donors (Lipinski definition) is 4. The minimum absolute atomic E-state index is 0.127. The molecule has 3 aromatic rings. The molecule has 12 heteroatoms. The Bertz CT molecular complexity index is 1500. The van der Waals surface area contributed by atoms with Crippen LogP contribution in [0.4, 0.5) is 16.2 Å². The fourth-order valence-corrected chi connectivity index (χ4v) is 4.73. The van der Waals surface area contributed by atoms with Crippen LogP contribution in [0.3, 0.4) is 0 Å². The van der Waals surface area contributed by atoms with Gasteiger partial charge in [0.25, 0.3) is 11.8 Å². The van der Waals surface area contributed by atoms with Gasteiger partial charge in [-0.05, 0) is 60.5 Å². The maximum atomic E-state index is 13.3. The van der Waals surface area contributed by atoms with E-state index < -0.39 is 23.9 Å². The summed E-state index contributed by atoms with van der Waals surface area (Å²) in [6.45, 7) is 4.25. The van der Waals surface area contributed by atoms with Gasteiger partial charge in [0.2, 0.25) is 0 Å². The van der Waals surface area contributed by atoms with Crippen molar-refractivity contribution in [2.24, 2.45) is 0 Å². The number of carbonyl (C=O) groups excluding carboxylic acids is 3. The van der Waals surface area contributed by atoms with Gasteiger partial charge in [0, 0.05) is 56.2 Å². The van der Waals surface area contributed by atoms with E-state index in [1.807, 2.05) is 17.9 Å². The molecule has 0 aliphatic carbocycles. The van der Waals surface area contributed by atoms with Crippen LogP contribution in [0.25, 0.3) is 0 Å². The number of nitrogens with zero attached hydrogens (tertiary/aromatic N) is 4. The third-order valence-electron chi connectivity index (χ3n) is 6.98. The van der Waals surface area contributed by atoms with E-state index in [9.17, 15) is 24.3 Å². The second kappa shape index (κ2) is 14.5. The molecule has 1 aromatic heterocycles. The number of piperazine rings is 1. The van der Waals surface area contributed by atoms with Crippen LogP contribution in [0.5, 0.6) is 0 Å². The van der Waals surface area contributed by atoms with Gasteiger partial charge < -0.3 is 30.9 Å². The molecule has 4 rings (SSSR count). The molecule has 0 spiro atoms. The number of anilines is 2. The van der Waals surface area contributed by atoms with Crippen LogP contribution in [0.1, 0.15) is 57.7 Å². The van der Waals surface area contributed by atoms with Crippen molar-refractivity contribution in [1.82, 2.24) is 20.5 Å². The number of aromatic nitrogens is 1. The summed E-state index contributed by atoms with van der Waals surface area (Å²) in [6, 6.07) is 15.6. The van der Waals surface area contributed by atoms with E-state index in [-0.39, 0.29) is 17.9 Å². The zero-order valence-electron chi connectivity index (χ0n) is 23.7. The molecule has 1 aliphatic rings. The van der Waals surface area contributed by atoms with Gasteiger partial charge >= 0.3 is 12.0 Å². The number of urea groups is 1. The summed E-state index contributed by atoms with van der Waals surface area (Å²) in [5, 5.41) is 26.8. The summed E-state index contributed by atoms with van der Waals surface area (Å²) in [4.78, 5) is 58.2. The number of hydrogen-bond acceptors (Lipinski definition) is 7. The lowest BCUT2D eigenvalue weighted by Crippen LogP contribution is -2.49. The number of rotatable bonds is 10. The highest BCUT2D eigenvalue weighted by Crippen LogP contribution is 2.29. The van der Waals surface area contributed by atoms with Crippen molar-refractivity contribution in [3.63, 3.8) is 0 Å². The van der Waals surface area contributed by atoms with Gasteiger partial charge in [-0.3, -0.25) is 19.4 Å². The van der Waals surface area contributed by atoms with Crippen molar-refractivity contribution in [2.75, 3.05) is 42.9 Å². The summed E-state index contributed by atoms with van der Waals surface area (Å²) >= 11 is 0.